The van der Waals surface area contributed by atoms with E-state index in [0.29, 0.717) is 25.9 Å². The Hall–Kier alpha value is -1.66. The molecule has 0 heterocycles. The van der Waals surface area contributed by atoms with Crippen molar-refractivity contribution in [1.82, 2.24) is 5.32 Å². The molecule has 0 aromatic rings. The van der Waals surface area contributed by atoms with E-state index in [1.54, 1.807) is 0 Å². The molecule has 540 valence electrons. The first-order valence-corrected chi connectivity index (χ1v) is 42.1. The monoisotopic (exact) mass is 1280 g/mol. The number of rotatable bonds is 80. The van der Waals surface area contributed by atoms with Gasteiger partial charge in [0.15, 0.2) is 0 Å². The molecule has 6 nitrogen and oxygen atoms in total. The Bertz CT molecular complexity index is 1430. The Morgan fingerprint density at radius 1 is 0.308 bits per heavy atom. The first-order chi connectivity index (χ1) is 45.0. The van der Waals surface area contributed by atoms with Crippen LogP contribution in [0, 0.1) is 0 Å². The first kappa shape index (κ1) is 89.3. The van der Waals surface area contributed by atoms with Crippen molar-refractivity contribution in [2.24, 2.45) is 0 Å². The third kappa shape index (κ3) is 77.2. The fourth-order valence-corrected chi connectivity index (χ4v) is 13.6. The molecule has 0 aromatic carbocycles. The van der Waals surface area contributed by atoms with Crippen LogP contribution in [0.25, 0.3) is 0 Å². The maximum atomic E-state index is 12.6. The molecule has 2 unspecified atom stereocenters. The van der Waals surface area contributed by atoms with E-state index < -0.39 is 12.1 Å². The number of hydrogen-bond donors (Lipinski definition) is 3. The molecule has 1 amide bonds. The van der Waals surface area contributed by atoms with Crippen LogP contribution in [0.15, 0.2) is 24.3 Å². The Balaban J connectivity index is 3.32. The minimum absolute atomic E-state index is 0.0182. The molecule has 2 atom stereocenters. The van der Waals surface area contributed by atoms with E-state index in [2.05, 4.69) is 43.5 Å². The second-order valence-electron chi connectivity index (χ2n) is 29.2. The molecule has 0 fully saturated rings. The van der Waals surface area contributed by atoms with Gasteiger partial charge in [0.2, 0.25) is 5.91 Å². The Morgan fingerprint density at radius 2 is 0.549 bits per heavy atom. The number of nitrogens with one attached hydrogen (secondary N) is 1. The van der Waals surface area contributed by atoms with E-state index in [1.165, 1.54) is 398 Å². The van der Waals surface area contributed by atoms with E-state index in [9.17, 15) is 19.8 Å². The van der Waals surface area contributed by atoms with Gasteiger partial charge in [0, 0.05) is 12.8 Å². The van der Waals surface area contributed by atoms with Crippen molar-refractivity contribution in [3.63, 3.8) is 0 Å². The molecule has 0 aliphatic rings. The largest absolute Gasteiger partial charge is 0.466 e. The third-order valence-electron chi connectivity index (χ3n) is 20.0. The molecule has 91 heavy (non-hydrogen) atoms. The highest BCUT2D eigenvalue weighted by atomic mass is 16.5. The molecule has 0 aliphatic carbocycles. The number of allylic oxidation sites excluding steroid dienone is 4. The minimum atomic E-state index is -0.663. The number of carbonyl (C=O) groups is 2. The molecular weight excluding hydrogens is 1110 g/mol. The molecule has 0 aromatic heterocycles. The summed E-state index contributed by atoms with van der Waals surface area (Å²) in [7, 11) is 0. The molecule has 3 N–H and O–H groups in total. The maximum Gasteiger partial charge on any atom is 0.305 e. The fourth-order valence-electron chi connectivity index (χ4n) is 13.6. The summed E-state index contributed by atoms with van der Waals surface area (Å²) < 4.78 is 5.52. The van der Waals surface area contributed by atoms with Crippen molar-refractivity contribution < 1.29 is 24.5 Å². The average molecular weight is 1280 g/mol. The number of unbranched alkanes of at least 4 members (excludes halogenated alkanes) is 65. The summed E-state index contributed by atoms with van der Waals surface area (Å²) in [6.07, 6.45) is 104. The summed E-state index contributed by atoms with van der Waals surface area (Å²) in [6, 6.07) is -0.540. The summed E-state index contributed by atoms with van der Waals surface area (Å²) in [5, 5.41) is 23.5. The number of aliphatic hydroxyl groups excluding tert-OH is 2. The van der Waals surface area contributed by atoms with Crippen LogP contribution >= 0.6 is 0 Å². The predicted molar refractivity (Wildman–Crippen MR) is 403 cm³/mol. The quantitative estimate of drug-likeness (QED) is 0.0320. The topological polar surface area (TPSA) is 95.9 Å². The summed E-state index contributed by atoms with van der Waals surface area (Å²) in [6.45, 7) is 4.99. The lowest BCUT2D eigenvalue weighted by Gasteiger charge is -2.22. The Morgan fingerprint density at radius 3 is 0.857 bits per heavy atom. The third-order valence-corrected chi connectivity index (χ3v) is 20.0. The lowest BCUT2D eigenvalue weighted by Crippen LogP contribution is -2.45. The standard InChI is InChI=1S/C85H165NO5/c1-3-5-7-9-11-13-15-17-19-21-23-24-25-35-38-42-45-49-53-57-61-65-69-73-77-83(88)82(81-87)86-84(89)78-74-70-66-62-58-54-50-46-43-39-36-33-31-29-27-26-28-30-32-34-37-40-44-48-52-56-60-64-68-72-76-80-91-85(90)79-75-71-67-63-59-55-51-47-41-22-20-18-16-14-12-10-8-6-4-2/h12,14,18,20,82-83,87-88H,3-11,13,15-17,19,21-81H2,1-2H3,(H,86,89)/b14-12-,20-18-. The summed E-state index contributed by atoms with van der Waals surface area (Å²) in [5.74, 6) is -0.00636. The van der Waals surface area contributed by atoms with Crippen LogP contribution in [0.4, 0.5) is 0 Å². The van der Waals surface area contributed by atoms with Crippen LogP contribution in [0.1, 0.15) is 483 Å². The SMILES string of the molecule is CCCCC/C=C\C/C=C\CCCCCCCCCCCC(=O)OCCCCCCCCCCCCCCCCCCCCCCCCCCCCCCCCCC(=O)NC(CO)C(O)CCCCCCCCCCCCCCCCCCCCCCCCCC. The van der Waals surface area contributed by atoms with Gasteiger partial charge in [-0.25, -0.2) is 0 Å². The van der Waals surface area contributed by atoms with Crippen LogP contribution in [-0.2, 0) is 14.3 Å². The van der Waals surface area contributed by atoms with Gasteiger partial charge in [0.05, 0.1) is 25.4 Å². The smallest absolute Gasteiger partial charge is 0.305 e. The molecule has 0 saturated carbocycles. The van der Waals surface area contributed by atoms with E-state index in [1.807, 2.05) is 0 Å². The zero-order chi connectivity index (χ0) is 65.6. The van der Waals surface area contributed by atoms with Gasteiger partial charge in [-0.15, -0.1) is 0 Å². The molecule has 6 heteroatoms. The molecule has 0 radical (unpaired) electrons. The highest BCUT2D eigenvalue weighted by Gasteiger charge is 2.20. The van der Waals surface area contributed by atoms with Gasteiger partial charge >= 0.3 is 5.97 Å². The van der Waals surface area contributed by atoms with Crippen LogP contribution in [0.3, 0.4) is 0 Å². The first-order valence-electron chi connectivity index (χ1n) is 42.1. The normalized spacial score (nSPS) is 12.5. The fraction of sp³-hybridized carbons (Fsp3) is 0.929. The van der Waals surface area contributed by atoms with Crippen molar-refractivity contribution in [2.75, 3.05) is 13.2 Å². The number of ether oxygens (including phenoxy) is 1. The zero-order valence-corrected chi connectivity index (χ0v) is 62.1. The molecule has 0 saturated heterocycles. The highest BCUT2D eigenvalue weighted by molar-refractivity contribution is 5.76. The van der Waals surface area contributed by atoms with Crippen molar-refractivity contribution in [3.8, 4) is 0 Å². The average Bonchev–Trinajstić information content (AvgIpc) is 3.65. The van der Waals surface area contributed by atoms with Crippen molar-refractivity contribution in [2.45, 2.75) is 495 Å². The molecule has 0 rings (SSSR count). The van der Waals surface area contributed by atoms with Gasteiger partial charge < -0.3 is 20.3 Å². The van der Waals surface area contributed by atoms with Gasteiger partial charge in [-0.2, -0.15) is 0 Å². The van der Waals surface area contributed by atoms with Gasteiger partial charge in [0.1, 0.15) is 0 Å². The number of hydrogen-bond acceptors (Lipinski definition) is 5. The summed E-state index contributed by atoms with van der Waals surface area (Å²) in [4.78, 5) is 24.7. The maximum absolute atomic E-state index is 12.6. The van der Waals surface area contributed by atoms with E-state index >= 15 is 0 Å². The van der Waals surface area contributed by atoms with Crippen molar-refractivity contribution in [1.29, 1.82) is 0 Å². The van der Waals surface area contributed by atoms with Crippen LogP contribution in [0.5, 0.6) is 0 Å². The minimum Gasteiger partial charge on any atom is -0.466 e. The van der Waals surface area contributed by atoms with Crippen LogP contribution in [0.2, 0.25) is 0 Å². The molecule has 0 bridgehead atoms. The zero-order valence-electron chi connectivity index (χ0n) is 62.1. The number of aliphatic hydroxyl groups is 2. The van der Waals surface area contributed by atoms with Crippen molar-refractivity contribution >= 4 is 11.9 Å². The van der Waals surface area contributed by atoms with E-state index in [-0.39, 0.29) is 18.5 Å². The summed E-state index contributed by atoms with van der Waals surface area (Å²) >= 11 is 0. The Kier molecular flexibility index (Phi) is 79.3. The second-order valence-corrected chi connectivity index (χ2v) is 29.2. The van der Waals surface area contributed by atoms with E-state index in [0.717, 1.165) is 51.4 Å². The van der Waals surface area contributed by atoms with Gasteiger partial charge in [-0.05, 0) is 57.8 Å². The number of amides is 1. The van der Waals surface area contributed by atoms with Crippen LogP contribution < -0.4 is 5.32 Å². The second kappa shape index (κ2) is 80.8. The van der Waals surface area contributed by atoms with Gasteiger partial charge in [-0.1, -0.05) is 436 Å². The predicted octanol–water partition coefficient (Wildman–Crippen LogP) is 28.0. The van der Waals surface area contributed by atoms with Gasteiger partial charge in [0.25, 0.3) is 0 Å². The number of carbonyl (C=O) groups excluding carboxylic acids is 2. The lowest BCUT2D eigenvalue weighted by molar-refractivity contribution is -0.143. The van der Waals surface area contributed by atoms with Crippen LogP contribution in [-0.4, -0.2) is 47.4 Å². The lowest BCUT2D eigenvalue weighted by atomic mass is 10.0. The molecule has 0 spiro atoms. The highest BCUT2D eigenvalue weighted by Crippen LogP contribution is 2.21. The number of esters is 1. The molecule has 0 aliphatic heterocycles. The van der Waals surface area contributed by atoms with Crippen molar-refractivity contribution in [3.05, 3.63) is 24.3 Å². The Labute approximate surface area is 571 Å². The van der Waals surface area contributed by atoms with Gasteiger partial charge in [-0.3, -0.25) is 9.59 Å². The summed E-state index contributed by atoms with van der Waals surface area (Å²) in [5.41, 5.74) is 0. The molecular formula is C85H165NO5. The van der Waals surface area contributed by atoms with E-state index in [4.69, 9.17) is 4.74 Å².